The second-order valence-electron chi connectivity index (χ2n) is 3.21. The molecule has 0 atom stereocenters. The molecule has 1 N–H and O–H groups in total. The van der Waals surface area contributed by atoms with E-state index >= 15 is 0 Å². The van der Waals surface area contributed by atoms with Gasteiger partial charge in [-0.1, -0.05) is 0 Å². The molecule has 0 spiro atoms. The monoisotopic (exact) mass is 289 g/mol. The summed E-state index contributed by atoms with van der Waals surface area (Å²) < 4.78 is 14.3. The van der Waals surface area contributed by atoms with Crippen LogP contribution in [0.3, 0.4) is 0 Å². The molecule has 3 heteroatoms. The van der Waals surface area contributed by atoms with Gasteiger partial charge in [0.25, 0.3) is 0 Å². The summed E-state index contributed by atoms with van der Waals surface area (Å²) in [6.45, 7) is 3.78. The maximum atomic E-state index is 13.2. The Morgan fingerprint density at radius 3 is 2.69 bits per heavy atom. The molecule has 2 aromatic rings. The molecule has 1 aromatic heterocycles. The van der Waals surface area contributed by atoms with E-state index in [9.17, 15) is 4.39 Å². The lowest BCUT2D eigenvalue weighted by atomic mass is 10.2. The Balaban J connectivity index is 2.89. The van der Waals surface area contributed by atoms with Crippen LogP contribution in [0, 0.1) is 23.2 Å². The Kier molecular flexibility index (Phi) is 2.06. The molecule has 0 saturated carbocycles. The second kappa shape index (κ2) is 2.97. The number of hydrogen-bond acceptors (Lipinski definition) is 0. The lowest BCUT2D eigenvalue weighted by Crippen LogP contribution is -1.81. The zero-order valence-corrected chi connectivity index (χ0v) is 9.57. The summed E-state index contributed by atoms with van der Waals surface area (Å²) in [6.07, 6.45) is 0. The van der Waals surface area contributed by atoms with Crippen LogP contribution in [0.15, 0.2) is 12.1 Å². The normalized spacial score (nSPS) is 11.1. The van der Waals surface area contributed by atoms with Crippen LogP contribution in [0.2, 0.25) is 0 Å². The molecule has 0 aliphatic carbocycles. The minimum absolute atomic E-state index is 0.148. The van der Waals surface area contributed by atoms with Gasteiger partial charge in [-0.05, 0) is 54.1 Å². The van der Waals surface area contributed by atoms with Crippen molar-refractivity contribution in [2.24, 2.45) is 0 Å². The van der Waals surface area contributed by atoms with Crippen molar-refractivity contribution in [3.05, 3.63) is 32.8 Å². The van der Waals surface area contributed by atoms with Gasteiger partial charge in [-0.3, -0.25) is 0 Å². The van der Waals surface area contributed by atoms with Crippen molar-refractivity contribution in [2.45, 2.75) is 13.8 Å². The van der Waals surface area contributed by atoms with Gasteiger partial charge in [0.05, 0.1) is 0 Å². The molecule has 0 saturated heterocycles. The Bertz CT molecular complexity index is 473. The molecule has 2 rings (SSSR count). The first-order valence-corrected chi connectivity index (χ1v) is 5.11. The summed E-state index contributed by atoms with van der Waals surface area (Å²) in [6, 6.07) is 3.44. The van der Waals surface area contributed by atoms with E-state index in [0.717, 1.165) is 16.6 Å². The Labute approximate surface area is 89.5 Å². The Morgan fingerprint density at radius 2 is 2.00 bits per heavy atom. The average Bonchev–Trinajstić information content (AvgIpc) is 2.32. The van der Waals surface area contributed by atoms with Gasteiger partial charge in [0.1, 0.15) is 5.82 Å². The molecule has 0 aliphatic heterocycles. The molecular weight excluding hydrogens is 280 g/mol. The highest BCUT2D eigenvalue weighted by Crippen LogP contribution is 2.25. The molecule has 0 radical (unpaired) electrons. The van der Waals surface area contributed by atoms with Gasteiger partial charge in [0, 0.05) is 20.2 Å². The summed E-state index contributed by atoms with van der Waals surface area (Å²) in [5.74, 6) is -0.148. The fourth-order valence-electron chi connectivity index (χ4n) is 1.43. The quantitative estimate of drug-likeness (QED) is 0.714. The smallest absolute Gasteiger partial charge is 0.128 e. The summed E-state index contributed by atoms with van der Waals surface area (Å²) in [5, 5.41) is 1.11. The summed E-state index contributed by atoms with van der Waals surface area (Å²) >= 11 is 2.27. The first kappa shape index (κ1) is 8.99. The summed E-state index contributed by atoms with van der Waals surface area (Å²) in [7, 11) is 0. The summed E-state index contributed by atoms with van der Waals surface area (Å²) in [5.41, 5.74) is 2.68. The van der Waals surface area contributed by atoms with Crippen LogP contribution in [0.5, 0.6) is 0 Å². The second-order valence-corrected chi connectivity index (χ2v) is 4.29. The van der Waals surface area contributed by atoms with Gasteiger partial charge in [-0.15, -0.1) is 0 Å². The lowest BCUT2D eigenvalue weighted by Gasteiger charge is -1.96. The predicted octanol–water partition coefficient (Wildman–Crippen LogP) is 3.53. The molecule has 1 aromatic carbocycles. The van der Waals surface area contributed by atoms with Gasteiger partial charge in [0.2, 0.25) is 0 Å². The Hall–Kier alpha value is -0.580. The van der Waals surface area contributed by atoms with Crippen molar-refractivity contribution in [3.63, 3.8) is 0 Å². The van der Waals surface area contributed by atoms with Gasteiger partial charge in [0.15, 0.2) is 0 Å². The molecule has 68 valence electrons. The molecule has 0 aliphatic rings. The van der Waals surface area contributed by atoms with Crippen LogP contribution >= 0.6 is 22.6 Å². The molecule has 1 nitrogen and oxygen atoms in total. The van der Waals surface area contributed by atoms with Crippen LogP contribution < -0.4 is 0 Å². The predicted molar refractivity (Wildman–Crippen MR) is 60.4 cm³/mol. The number of H-pyrrole nitrogens is 1. The van der Waals surface area contributed by atoms with Crippen LogP contribution in [0.4, 0.5) is 4.39 Å². The van der Waals surface area contributed by atoms with Crippen molar-refractivity contribution >= 4 is 33.5 Å². The zero-order valence-electron chi connectivity index (χ0n) is 7.41. The molecule has 0 unspecified atom stereocenters. The number of aromatic amines is 1. The van der Waals surface area contributed by atoms with Crippen molar-refractivity contribution in [1.29, 1.82) is 0 Å². The third-order valence-corrected chi connectivity index (χ3v) is 3.58. The number of nitrogens with one attached hydrogen (secondary N) is 1. The van der Waals surface area contributed by atoms with Crippen molar-refractivity contribution in [2.75, 3.05) is 0 Å². The third-order valence-electron chi connectivity index (χ3n) is 2.19. The molecule has 13 heavy (non-hydrogen) atoms. The van der Waals surface area contributed by atoms with E-state index in [4.69, 9.17) is 0 Å². The highest BCUT2D eigenvalue weighted by atomic mass is 127. The highest BCUT2D eigenvalue weighted by Gasteiger charge is 2.07. The van der Waals surface area contributed by atoms with E-state index in [1.165, 1.54) is 3.57 Å². The van der Waals surface area contributed by atoms with E-state index < -0.39 is 0 Å². The maximum Gasteiger partial charge on any atom is 0.128 e. The number of aryl methyl sites for hydroxylation is 2. The minimum Gasteiger partial charge on any atom is -0.358 e. The number of halogens is 2. The molecular formula is C10H9FIN. The number of rotatable bonds is 0. The van der Waals surface area contributed by atoms with E-state index in [1.807, 2.05) is 13.0 Å². The SMILES string of the molecule is Cc1cc2c(I)c(C)[nH]c2cc1F. The molecule has 0 bridgehead atoms. The zero-order chi connectivity index (χ0) is 9.59. The number of aromatic nitrogens is 1. The number of benzene rings is 1. The van der Waals surface area contributed by atoms with Gasteiger partial charge in [-0.2, -0.15) is 0 Å². The Morgan fingerprint density at radius 1 is 1.31 bits per heavy atom. The van der Waals surface area contributed by atoms with E-state index in [2.05, 4.69) is 27.6 Å². The van der Waals surface area contributed by atoms with Gasteiger partial charge >= 0.3 is 0 Å². The van der Waals surface area contributed by atoms with E-state index in [1.54, 1.807) is 13.0 Å². The third kappa shape index (κ3) is 1.35. The fraction of sp³-hybridized carbons (Fsp3) is 0.200. The van der Waals surface area contributed by atoms with Crippen LogP contribution in [-0.2, 0) is 0 Å². The maximum absolute atomic E-state index is 13.2. The first-order chi connectivity index (χ1) is 6.09. The minimum atomic E-state index is -0.148. The van der Waals surface area contributed by atoms with Crippen LogP contribution in [0.1, 0.15) is 11.3 Å². The molecule has 0 amide bonds. The van der Waals surface area contributed by atoms with Gasteiger partial charge < -0.3 is 4.98 Å². The number of fused-ring (bicyclic) bond motifs is 1. The van der Waals surface area contributed by atoms with Crippen molar-refractivity contribution in [3.8, 4) is 0 Å². The van der Waals surface area contributed by atoms with Crippen molar-refractivity contribution in [1.82, 2.24) is 4.98 Å². The first-order valence-electron chi connectivity index (χ1n) is 4.03. The van der Waals surface area contributed by atoms with E-state index in [-0.39, 0.29) is 5.82 Å². The molecule has 0 fully saturated rings. The summed E-state index contributed by atoms with van der Waals surface area (Å²) in [4.78, 5) is 3.15. The van der Waals surface area contributed by atoms with Crippen LogP contribution in [0.25, 0.3) is 10.9 Å². The average molecular weight is 289 g/mol. The fourth-order valence-corrected chi connectivity index (χ4v) is 2.01. The number of hydrogen-bond donors (Lipinski definition) is 1. The topological polar surface area (TPSA) is 15.8 Å². The van der Waals surface area contributed by atoms with Crippen molar-refractivity contribution < 1.29 is 4.39 Å². The lowest BCUT2D eigenvalue weighted by molar-refractivity contribution is 0.620. The highest BCUT2D eigenvalue weighted by molar-refractivity contribution is 14.1. The van der Waals surface area contributed by atoms with E-state index in [0.29, 0.717) is 5.56 Å². The molecule has 1 heterocycles. The van der Waals surface area contributed by atoms with Gasteiger partial charge in [-0.25, -0.2) is 4.39 Å². The van der Waals surface area contributed by atoms with Crippen LogP contribution in [-0.4, -0.2) is 4.98 Å². The standard InChI is InChI=1S/C10H9FIN/c1-5-3-7-9(4-8(5)11)13-6(2)10(7)12/h3-4,13H,1-2H3. The largest absolute Gasteiger partial charge is 0.358 e.